The Kier molecular flexibility index (Phi) is 3.52. The van der Waals surface area contributed by atoms with Gasteiger partial charge in [0.15, 0.2) is 11.5 Å². The molecule has 0 aliphatic heterocycles. The molecule has 0 N–H and O–H groups in total. The lowest BCUT2D eigenvalue weighted by Gasteiger charge is -2.10. The molecule has 1 aromatic heterocycles. The number of methoxy groups -OCH3 is 2. The van der Waals surface area contributed by atoms with Gasteiger partial charge in [-0.2, -0.15) is 0 Å². The van der Waals surface area contributed by atoms with Crippen LogP contribution in [0, 0.1) is 0 Å². The van der Waals surface area contributed by atoms with E-state index in [-0.39, 0.29) is 0 Å². The van der Waals surface area contributed by atoms with Crippen LogP contribution in [0.5, 0.6) is 11.5 Å². The van der Waals surface area contributed by atoms with Crippen molar-refractivity contribution in [1.82, 2.24) is 4.98 Å². The molecule has 0 aliphatic carbocycles. The number of aromatic nitrogens is 1. The summed E-state index contributed by atoms with van der Waals surface area (Å²) in [5, 5.41) is 1.06. The molecule has 0 unspecified atom stereocenters. The Labute approximate surface area is 109 Å². The number of ether oxygens (including phenoxy) is 2. The van der Waals surface area contributed by atoms with Crippen LogP contribution in [0.1, 0.15) is 12.5 Å². The van der Waals surface area contributed by atoms with Gasteiger partial charge in [-0.1, -0.05) is 6.92 Å². The molecular weight excluding hydrogens is 282 g/mol. The van der Waals surface area contributed by atoms with Crippen LogP contribution in [-0.4, -0.2) is 19.2 Å². The average molecular weight is 296 g/mol. The Hall–Kier alpha value is -1.29. The molecule has 1 aromatic carbocycles. The van der Waals surface area contributed by atoms with E-state index in [1.165, 1.54) is 5.56 Å². The minimum atomic E-state index is 0.698. The minimum absolute atomic E-state index is 0.698. The standard InChI is InChI=1S/C13H14BrNO2/c1-4-8-5-9-6-11(16-2)12(17-3)7-10(9)15-13(8)14/h5-7H,4H2,1-3H3. The third kappa shape index (κ3) is 2.22. The molecular formula is C13H14BrNO2. The Bertz CT molecular complexity index is 555. The maximum atomic E-state index is 5.28. The summed E-state index contributed by atoms with van der Waals surface area (Å²) in [7, 11) is 3.26. The Morgan fingerprint density at radius 1 is 1.12 bits per heavy atom. The van der Waals surface area contributed by atoms with E-state index in [0.717, 1.165) is 27.7 Å². The van der Waals surface area contributed by atoms with Crippen molar-refractivity contribution in [2.45, 2.75) is 13.3 Å². The monoisotopic (exact) mass is 295 g/mol. The molecule has 3 nitrogen and oxygen atoms in total. The predicted molar refractivity (Wildman–Crippen MR) is 71.9 cm³/mol. The van der Waals surface area contributed by atoms with Crippen LogP contribution < -0.4 is 9.47 Å². The van der Waals surface area contributed by atoms with E-state index in [2.05, 4.69) is 33.9 Å². The molecule has 17 heavy (non-hydrogen) atoms. The molecule has 0 saturated carbocycles. The molecule has 90 valence electrons. The van der Waals surface area contributed by atoms with Gasteiger partial charge in [-0.3, -0.25) is 0 Å². The van der Waals surface area contributed by atoms with Crippen LogP contribution in [0.2, 0.25) is 0 Å². The first-order chi connectivity index (χ1) is 8.19. The van der Waals surface area contributed by atoms with E-state index in [9.17, 15) is 0 Å². The Balaban J connectivity index is 2.70. The van der Waals surface area contributed by atoms with E-state index in [1.54, 1.807) is 14.2 Å². The lowest BCUT2D eigenvalue weighted by Crippen LogP contribution is -1.93. The van der Waals surface area contributed by atoms with Crippen molar-refractivity contribution in [2.75, 3.05) is 14.2 Å². The third-order valence-corrected chi connectivity index (χ3v) is 3.41. The van der Waals surface area contributed by atoms with Crippen LogP contribution in [0.25, 0.3) is 10.9 Å². The van der Waals surface area contributed by atoms with Crippen LogP contribution >= 0.6 is 15.9 Å². The summed E-state index contributed by atoms with van der Waals surface area (Å²) in [6.45, 7) is 2.11. The quantitative estimate of drug-likeness (QED) is 0.811. The van der Waals surface area contributed by atoms with Gasteiger partial charge in [-0.05, 0) is 40.0 Å². The molecule has 0 fully saturated rings. The van der Waals surface area contributed by atoms with E-state index in [4.69, 9.17) is 9.47 Å². The summed E-state index contributed by atoms with van der Waals surface area (Å²) in [6, 6.07) is 5.96. The highest BCUT2D eigenvalue weighted by atomic mass is 79.9. The van der Waals surface area contributed by atoms with Gasteiger partial charge in [0.05, 0.1) is 19.7 Å². The van der Waals surface area contributed by atoms with Gasteiger partial charge in [0, 0.05) is 11.5 Å². The first-order valence-electron chi connectivity index (χ1n) is 5.40. The zero-order valence-electron chi connectivity index (χ0n) is 10.1. The third-order valence-electron chi connectivity index (χ3n) is 2.73. The number of aryl methyl sites for hydroxylation is 1. The molecule has 0 atom stereocenters. The molecule has 4 heteroatoms. The zero-order chi connectivity index (χ0) is 12.4. The maximum Gasteiger partial charge on any atom is 0.162 e. The van der Waals surface area contributed by atoms with Crippen molar-refractivity contribution in [2.24, 2.45) is 0 Å². The van der Waals surface area contributed by atoms with Gasteiger partial charge < -0.3 is 9.47 Å². The lowest BCUT2D eigenvalue weighted by atomic mass is 10.1. The van der Waals surface area contributed by atoms with E-state index in [1.807, 2.05) is 12.1 Å². The summed E-state index contributed by atoms with van der Waals surface area (Å²) >= 11 is 3.48. The average Bonchev–Trinajstić information content (AvgIpc) is 2.36. The van der Waals surface area contributed by atoms with Crippen LogP contribution in [-0.2, 0) is 6.42 Å². The highest BCUT2D eigenvalue weighted by molar-refractivity contribution is 9.10. The molecule has 0 bridgehead atoms. The second kappa shape index (κ2) is 4.92. The summed E-state index contributed by atoms with van der Waals surface area (Å²) in [6.07, 6.45) is 0.942. The van der Waals surface area contributed by atoms with E-state index < -0.39 is 0 Å². The number of hydrogen-bond acceptors (Lipinski definition) is 3. The van der Waals surface area contributed by atoms with Crippen LogP contribution in [0.4, 0.5) is 0 Å². The molecule has 0 radical (unpaired) electrons. The van der Waals surface area contributed by atoms with E-state index in [0.29, 0.717) is 5.75 Å². The molecule has 0 aliphatic rings. The number of benzene rings is 1. The van der Waals surface area contributed by atoms with Gasteiger partial charge in [0.2, 0.25) is 0 Å². The van der Waals surface area contributed by atoms with Gasteiger partial charge in [-0.15, -0.1) is 0 Å². The largest absolute Gasteiger partial charge is 0.493 e. The second-order valence-corrected chi connectivity index (χ2v) is 4.44. The zero-order valence-corrected chi connectivity index (χ0v) is 11.7. The fourth-order valence-corrected chi connectivity index (χ4v) is 2.36. The molecule has 2 aromatic rings. The molecule has 1 heterocycles. The topological polar surface area (TPSA) is 31.4 Å². The van der Waals surface area contributed by atoms with E-state index >= 15 is 0 Å². The molecule has 0 spiro atoms. The predicted octanol–water partition coefficient (Wildman–Crippen LogP) is 3.58. The maximum absolute atomic E-state index is 5.28. The summed E-state index contributed by atoms with van der Waals surface area (Å²) < 4.78 is 11.4. The van der Waals surface area contributed by atoms with Crippen molar-refractivity contribution < 1.29 is 9.47 Å². The summed E-state index contributed by atoms with van der Waals surface area (Å²) in [5.41, 5.74) is 2.08. The second-order valence-electron chi connectivity index (χ2n) is 3.69. The highest BCUT2D eigenvalue weighted by Gasteiger charge is 2.09. The molecule has 2 rings (SSSR count). The van der Waals surface area contributed by atoms with Gasteiger partial charge in [0.1, 0.15) is 4.60 Å². The van der Waals surface area contributed by atoms with Crippen LogP contribution in [0.15, 0.2) is 22.8 Å². The number of pyridine rings is 1. The minimum Gasteiger partial charge on any atom is -0.493 e. The molecule has 0 amide bonds. The van der Waals surface area contributed by atoms with Crippen LogP contribution in [0.3, 0.4) is 0 Å². The smallest absolute Gasteiger partial charge is 0.162 e. The van der Waals surface area contributed by atoms with Crippen molar-refractivity contribution in [1.29, 1.82) is 0 Å². The van der Waals surface area contributed by atoms with Gasteiger partial charge in [-0.25, -0.2) is 4.98 Å². The van der Waals surface area contributed by atoms with Gasteiger partial charge in [0.25, 0.3) is 0 Å². The number of nitrogens with zero attached hydrogens (tertiary/aromatic N) is 1. The SMILES string of the molecule is CCc1cc2cc(OC)c(OC)cc2nc1Br. The van der Waals surface area contributed by atoms with Gasteiger partial charge >= 0.3 is 0 Å². The van der Waals surface area contributed by atoms with Crippen molar-refractivity contribution in [3.63, 3.8) is 0 Å². The number of fused-ring (bicyclic) bond motifs is 1. The Morgan fingerprint density at radius 3 is 2.35 bits per heavy atom. The fraction of sp³-hybridized carbons (Fsp3) is 0.308. The highest BCUT2D eigenvalue weighted by Crippen LogP contribution is 2.33. The lowest BCUT2D eigenvalue weighted by molar-refractivity contribution is 0.356. The Morgan fingerprint density at radius 2 is 1.76 bits per heavy atom. The molecule has 0 saturated heterocycles. The fourth-order valence-electron chi connectivity index (χ4n) is 1.77. The first kappa shape index (κ1) is 12.2. The number of rotatable bonds is 3. The number of halogens is 1. The summed E-state index contributed by atoms with van der Waals surface area (Å²) in [4.78, 5) is 4.51. The van der Waals surface area contributed by atoms with Crippen molar-refractivity contribution in [3.05, 3.63) is 28.4 Å². The normalized spacial score (nSPS) is 10.6. The summed E-state index contributed by atoms with van der Waals surface area (Å²) in [5.74, 6) is 1.43. The first-order valence-corrected chi connectivity index (χ1v) is 6.20. The van der Waals surface area contributed by atoms with Crippen molar-refractivity contribution in [3.8, 4) is 11.5 Å². The number of hydrogen-bond donors (Lipinski definition) is 0. The van der Waals surface area contributed by atoms with Crippen molar-refractivity contribution >= 4 is 26.8 Å².